The molecule has 0 aliphatic carbocycles. The first kappa shape index (κ1) is 11.3. The van der Waals surface area contributed by atoms with Crippen molar-refractivity contribution in [3.63, 3.8) is 0 Å². The number of carbonyl (C=O) groups excluding carboxylic acids is 1. The van der Waals surface area contributed by atoms with Crippen molar-refractivity contribution in [1.82, 2.24) is 0 Å². The summed E-state index contributed by atoms with van der Waals surface area (Å²) in [5, 5.41) is 26.7. The van der Waals surface area contributed by atoms with Gasteiger partial charge in [-0.1, -0.05) is 11.6 Å². The van der Waals surface area contributed by atoms with E-state index < -0.39 is 23.4 Å². The summed E-state index contributed by atoms with van der Waals surface area (Å²) in [6.07, 6.45) is 1.28. The molecular formula is C9H6ClO5. The molecule has 0 aromatic heterocycles. The van der Waals surface area contributed by atoms with Gasteiger partial charge in [0, 0.05) is 11.1 Å². The summed E-state index contributed by atoms with van der Waals surface area (Å²) in [4.78, 5) is 21.0. The fourth-order valence-corrected chi connectivity index (χ4v) is 1.30. The molecule has 0 amide bonds. The van der Waals surface area contributed by atoms with Gasteiger partial charge >= 0.3 is 5.97 Å². The Kier molecular flexibility index (Phi) is 3.16. The third-order valence-corrected chi connectivity index (χ3v) is 2.10. The molecule has 1 aromatic carbocycles. The molecule has 0 aliphatic heterocycles. The number of hydrogen-bond acceptors (Lipinski definition) is 4. The van der Waals surface area contributed by atoms with E-state index in [1.807, 2.05) is 0 Å². The van der Waals surface area contributed by atoms with Crippen molar-refractivity contribution < 1.29 is 24.9 Å². The molecule has 79 valence electrons. The zero-order valence-electron chi connectivity index (χ0n) is 7.27. The molecule has 15 heavy (non-hydrogen) atoms. The second-order valence-corrected chi connectivity index (χ2v) is 3.16. The minimum absolute atomic E-state index is 0.116. The lowest BCUT2D eigenvalue weighted by molar-refractivity contribution is -0.137. The van der Waals surface area contributed by atoms with Gasteiger partial charge in [0.25, 0.3) is 0 Å². The Labute approximate surface area is 89.5 Å². The van der Waals surface area contributed by atoms with Gasteiger partial charge in [0.15, 0.2) is 11.5 Å². The summed E-state index contributed by atoms with van der Waals surface area (Å²) in [5.41, 5.74) is -0.116. The first-order valence-corrected chi connectivity index (χ1v) is 4.17. The number of carboxylic acids is 1. The number of carbonyl (C=O) groups is 1. The number of halogens is 1. The minimum atomic E-state index is -1.58. The lowest BCUT2D eigenvalue weighted by atomic mass is 10.0. The summed E-state index contributed by atoms with van der Waals surface area (Å²) >= 11 is 5.61. The Morgan fingerprint density at radius 1 is 1.33 bits per heavy atom. The van der Waals surface area contributed by atoms with Gasteiger partial charge < -0.3 is 15.3 Å². The number of hydrogen-bond donors (Lipinski definition) is 3. The first-order valence-electron chi connectivity index (χ1n) is 3.79. The van der Waals surface area contributed by atoms with E-state index in [1.54, 1.807) is 0 Å². The molecule has 0 aliphatic rings. The van der Waals surface area contributed by atoms with Crippen LogP contribution in [-0.4, -0.2) is 27.6 Å². The number of aliphatic carboxylic acids is 1. The van der Waals surface area contributed by atoms with E-state index in [9.17, 15) is 9.59 Å². The molecule has 6 heteroatoms. The predicted molar refractivity (Wildman–Crippen MR) is 50.9 cm³/mol. The monoisotopic (exact) mass is 229 g/mol. The Bertz CT molecular complexity index is 415. The van der Waals surface area contributed by atoms with E-state index in [2.05, 4.69) is 0 Å². The van der Waals surface area contributed by atoms with Crippen LogP contribution in [0, 0.1) is 0 Å². The largest absolute Gasteiger partial charge is 0.504 e. The van der Waals surface area contributed by atoms with Crippen LogP contribution in [0.3, 0.4) is 0 Å². The van der Waals surface area contributed by atoms with E-state index in [-0.39, 0.29) is 10.6 Å². The van der Waals surface area contributed by atoms with Crippen molar-refractivity contribution in [2.75, 3.05) is 0 Å². The lowest BCUT2D eigenvalue weighted by Crippen LogP contribution is -2.13. The van der Waals surface area contributed by atoms with Crippen LogP contribution in [0.2, 0.25) is 5.02 Å². The molecule has 1 aromatic rings. The summed E-state index contributed by atoms with van der Waals surface area (Å²) in [7, 11) is 0. The van der Waals surface area contributed by atoms with Gasteiger partial charge in [-0.25, -0.2) is 0 Å². The van der Waals surface area contributed by atoms with Crippen molar-refractivity contribution in [2.45, 2.75) is 5.92 Å². The van der Waals surface area contributed by atoms with Gasteiger partial charge in [0.2, 0.25) is 6.29 Å². The fraction of sp³-hybridized carbons (Fsp3) is 0.111. The summed E-state index contributed by atoms with van der Waals surface area (Å²) < 4.78 is 0. The second kappa shape index (κ2) is 4.18. The van der Waals surface area contributed by atoms with Gasteiger partial charge in [-0.15, -0.1) is 0 Å². The van der Waals surface area contributed by atoms with E-state index in [0.717, 1.165) is 12.1 Å². The molecular weight excluding hydrogens is 224 g/mol. The molecule has 0 saturated carbocycles. The molecule has 3 N–H and O–H groups in total. The average Bonchev–Trinajstić information content (AvgIpc) is 2.14. The van der Waals surface area contributed by atoms with Crippen molar-refractivity contribution in [1.29, 1.82) is 0 Å². The molecule has 0 spiro atoms. The van der Waals surface area contributed by atoms with Gasteiger partial charge in [0.05, 0.1) is 0 Å². The third-order valence-electron chi connectivity index (χ3n) is 1.77. The molecule has 0 bridgehead atoms. The van der Waals surface area contributed by atoms with E-state index in [0.29, 0.717) is 0 Å². The maximum absolute atomic E-state index is 10.6. The normalized spacial score (nSPS) is 12.1. The summed E-state index contributed by atoms with van der Waals surface area (Å²) in [6, 6.07) is 1.88. The Hall–Kier alpha value is -1.75. The highest BCUT2D eigenvalue weighted by Crippen LogP contribution is 2.34. The zero-order chi connectivity index (χ0) is 11.6. The van der Waals surface area contributed by atoms with Gasteiger partial charge in [-0.05, 0) is 11.6 Å². The quantitative estimate of drug-likeness (QED) is 0.532. The SMILES string of the molecule is O=[C]C(C(=O)O)c1cc(O)c(O)cc1Cl. The van der Waals surface area contributed by atoms with Gasteiger partial charge in [-0.2, -0.15) is 0 Å². The standard InChI is InChI=1S/C9H6ClO5/c10-6-2-8(13)7(12)1-4(6)5(3-11)9(14)15/h1-2,5,12-13H,(H,14,15). The van der Waals surface area contributed by atoms with Crippen LogP contribution in [0.1, 0.15) is 11.5 Å². The Morgan fingerprint density at radius 3 is 2.33 bits per heavy atom. The van der Waals surface area contributed by atoms with E-state index in [1.165, 1.54) is 6.29 Å². The van der Waals surface area contributed by atoms with E-state index >= 15 is 0 Å². The van der Waals surface area contributed by atoms with Crippen molar-refractivity contribution in [2.24, 2.45) is 0 Å². The van der Waals surface area contributed by atoms with Gasteiger partial charge in [-0.3, -0.25) is 9.59 Å². The maximum Gasteiger partial charge on any atom is 0.319 e. The van der Waals surface area contributed by atoms with Crippen LogP contribution in [0.5, 0.6) is 11.5 Å². The topological polar surface area (TPSA) is 94.8 Å². The average molecular weight is 230 g/mol. The fourth-order valence-electron chi connectivity index (χ4n) is 1.04. The first-order chi connectivity index (χ1) is 6.97. The second-order valence-electron chi connectivity index (χ2n) is 2.75. The van der Waals surface area contributed by atoms with Crippen LogP contribution < -0.4 is 0 Å². The Balaban J connectivity index is 3.30. The number of phenolic OH excluding ortho intramolecular Hbond substituents is 2. The lowest BCUT2D eigenvalue weighted by Gasteiger charge is -2.08. The molecule has 1 unspecified atom stereocenters. The van der Waals surface area contributed by atoms with Crippen LogP contribution in [0.25, 0.3) is 0 Å². The van der Waals surface area contributed by atoms with E-state index in [4.69, 9.17) is 26.9 Å². The summed E-state index contributed by atoms with van der Waals surface area (Å²) in [5.74, 6) is -4.05. The minimum Gasteiger partial charge on any atom is -0.504 e. The van der Waals surface area contributed by atoms with Crippen LogP contribution in [0.15, 0.2) is 12.1 Å². The van der Waals surface area contributed by atoms with Gasteiger partial charge in [0.1, 0.15) is 5.92 Å². The number of benzene rings is 1. The molecule has 1 rings (SSSR count). The molecule has 0 saturated heterocycles. The molecule has 5 nitrogen and oxygen atoms in total. The maximum atomic E-state index is 10.6. The Morgan fingerprint density at radius 2 is 1.87 bits per heavy atom. The highest BCUT2D eigenvalue weighted by atomic mass is 35.5. The third kappa shape index (κ3) is 2.19. The van der Waals surface area contributed by atoms with Crippen molar-refractivity contribution in [3.8, 4) is 11.5 Å². The number of phenols is 2. The summed E-state index contributed by atoms with van der Waals surface area (Å²) in [6.45, 7) is 0. The molecule has 0 fully saturated rings. The van der Waals surface area contributed by atoms with Crippen molar-refractivity contribution in [3.05, 3.63) is 22.7 Å². The highest BCUT2D eigenvalue weighted by Gasteiger charge is 2.24. The molecule has 0 heterocycles. The number of rotatable bonds is 3. The molecule has 1 atom stereocenters. The molecule has 1 radical (unpaired) electrons. The van der Waals surface area contributed by atoms with Crippen LogP contribution in [-0.2, 0) is 9.59 Å². The van der Waals surface area contributed by atoms with Crippen LogP contribution in [0.4, 0.5) is 0 Å². The van der Waals surface area contributed by atoms with Crippen LogP contribution >= 0.6 is 11.6 Å². The predicted octanol–water partition coefficient (Wildman–Crippen LogP) is 1.03. The number of aromatic hydroxyl groups is 2. The highest BCUT2D eigenvalue weighted by molar-refractivity contribution is 6.32. The number of carboxylic acid groups (broad SMARTS) is 1. The smallest absolute Gasteiger partial charge is 0.319 e. The zero-order valence-corrected chi connectivity index (χ0v) is 8.02. The van der Waals surface area contributed by atoms with Crippen molar-refractivity contribution >= 4 is 23.9 Å².